The number of amides is 2. The first kappa shape index (κ1) is 20.7. The van der Waals surface area contributed by atoms with E-state index in [1.165, 1.54) is 18.4 Å². The number of benzene rings is 1. The van der Waals surface area contributed by atoms with Gasteiger partial charge in [0, 0.05) is 38.3 Å². The maximum absolute atomic E-state index is 12.2. The molecule has 27 heavy (non-hydrogen) atoms. The van der Waals surface area contributed by atoms with Gasteiger partial charge in [-0.2, -0.15) is 0 Å². The van der Waals surface area contributed by atoms with Crippen molar-refractivity contribution in [2.24, 2.45) is 5.16 Å². The van der Waals surface area contributed by atoms with Gasteiger partial charge in [0.25, 0.3) is 11.8 Å². The molecule has 2 rings (SSSR count). The zero-order valence-corrected chi connectivity index (χ0v) is 16.9. The normalized spacial score (nSPS) is 11.0. The number of rotatable bonds is 7. The lowest BCUT2D eigenvalue weighted by atomic mass is 10.1. The molecular weight excluding hydrogens is 388 g/mol. The van der Waals surface area contributed by atoms with Crippen LogP contribution in [-0.4, -0.2) is 56.8 Å². The SMILES string of the molecule is CO/N=C(/c1ccc(C(=O)NCCNC(=O)c2ccc(Cl)s2)cc1)N(C)C. The number of carbonyl (C=O) groups is 2. The molecule has 0 atom stereocenters. The van der Waals surface area contributed by atoms with E-state index in [2.05, 4.69) is 15.8 Å². The van der Waals surface area contributed by atoms with Crippen LogP contribution in [0.2, 0.25) is 4.34 Å². The molecule has 1 aromatic carbocycles. The molecule has 0 aliphatic heterocycles. The van der Waals surface area contributed by atoms with E-state index >= 15 is 0 Å². The number of oxime groups is 1. The Morgan fingerprint density at radius 2 is 1.63 bits per heavy atom. The molecule has 0 fully saturated rings. The van der Waals surface area contributed by atoms with Crippen molar-refractivity contribution >= 4 is 40.6 Å². The van der Waals surface area contributed by atoms with Crippen molar-refractivity contribution in [1.82, 2.24) is 15.5 Å². The molecule has 2 N–H and O–H groups in total. The highest BCUT2D eigenvalue weighted by Crippen LogP contribution is 2.20. The van der Waals surface area contributed by atoms with E-state index in [9.17, 15) is 9.59 Å². The molecule has 0 unspecified atom stereocenters. The van der Waals surface area contributed by atoms with Gasteiger partial charge in [-0.1, -0.05) is 28.9 Å². The second-order valence-electron chi connectivity index (χ2n) is 5.68. The van der Waals surface area contributed by atoms with Crippen LogP contribution in [0.4, 0.5) is 0 Å². The number of hydrogen-bond donors (Lipinski definition) is 2. The molecule has 0 saturated heterocycles. The summed E-state index contributed by atoms with van der Waals surface area (Å²) in [7, 11) is 5.20. The van der Waals surface area contributed by atoms with Gasteiger partial charge in [-0.3, -0.25) is 9.59 Å². The third-order valence-electron chi connectivity index (χ3n) is 3.50. The van der Waals surface area contributed by atoms with Crippen LogP contribution in [0.1, 0.15) is 25.6 Å². The van der Waals surface area contributed by atoms with Gasteiger partial charge in [0.05, 0.1) is 9.21 Å². The number of thiophene rings is 1. The Kier molecular flexibility index (Phi) is 7.63. The predicted molar refractivity (Wildman–Crippen MR) is 108 cm³/mol. The van der Waals surface area contributed by atoms with Crippen molar-refractivity contribution in [2.45, 2.75) is 0 Å². The molecule has 144 valence electrons. The van der Waals surface area contributed by atoms with Gasteiger partial charge in [0.2, 0.25) is 0 Å². The molecule has 2 amide bonds. The van der Waals surface area contributed by atoms with Crippen molar-refractivity contribution < 1.29 is 14.4 Å². The van der Waals surface area contributed by atoms with Gasteiger partial charge in [-0.15, -0.1) is 11.3 Å². The molecule has 1 aromatic heterocycles. The fourth-order valence-electron chi connectivity index (χ4n) is 2.23. The van der Waals surface area contributed by atoms with Crippen molar-refractivity contribution in [3.8, 4) is 0 Å². The van der Waals surface area contributed by atoms with Crippen LogP contribution in [-0.2, 0) is 4.84 Å². The lowest BCUT2D eigenvalue weighted by Crippen LogP contribution is -2.34. The van der Waals surface area contributed by atoms with Gasteiger partial charge < -0.3 is 20.4 Å². The quantitative estimate of drug-likeness (QED) is 0.319. The Morgan fingerprint density at radius 1 is 1.04 bits per heavy atom. The predicted octanol–water partition coefficient (Wildman–Crippen LogP) is 2.43. The highest BCUT2D eigenvalue weighted by Gasteiger charge is 2.11. The fourth-order valence-corrected chi connectivity index (χ4v) is 3.19. The lowest BCUT2D eigenvalue weighted by Gasteiger charge is -2.15. The number of halogens is 1. The van der Waals surface area contributed by atoms with E-state index in [1.807, 2.05) is 19.0 Å². The Balaban J connectivity index is 1.84. The summed E-state index contributed by atoms with van der Waals surface area (Å²) >= 11 is 7.02. The van der Waals surface area contributed by atoms with Crippen molar-refractivity contribution in [2.75, 3.05) is 34.3 Å². The van der Waals surface area contributed by atoms with Gasteiger partial charge in [0.15, 0.2) is 5.84 Å². The number of hydrogen-bond acceptors (Lipinski definition) is 5. The molecule has 2 aromatic rings. The summed E-state index contributed by atoms with van der Waals surface area (Å²) in [6.07, 6.45) is 0. The first-order valence-corrected chi connectivity index (χ1v) is 9.32. The highest BCUT2D eigenvalue weighted by atomic mass is 35.5. The Hall–Kier alpha value is -2.58. The number of carbonyl (C=O) groups excluding carboxylic acids is 2. The van der Waals surface area contributed by atoms with E-state index in [0.717, 1.165) is 5.56 Å². The summed E-state index contributed by atoms with van der Waals surface area (Å²) in [5.74, 6) is 0.227. The highest BCUT2D eigenvalue weighted by molar-refractivity contribution is 7.17. The number of nitrogens with one attached hydrogen (secondary N) is 2. The Bertz CT molecular complexity index is 818. The van der Waals surface area contributed by atoms with Gasteiger partial charge in [-0.05, 0) is 24.3 Å². The van der Waals surface area contributed by atoms with Crippen LogP contribution >= 0.6 is 22.9 Å². The zero-order chi connectivity index (χ0) is 19.8. The van der Waals surface area contributed by atoms with E-state index in [-0.39, 0.29) is 11.8 Å². The molecule has 7 nitrogen and oxygen atoms in total. The Labute approximate surface area is 166 Å². The molecule has 0 aliphatic rings. The van der Waals surface area contributed by atoms with E-state index in [1.54, 1.807) is 36.4 Å². The maximum Gasteiger partial charge on any atom is 0.261 e. The molecular formula is C18H21ClN4O3S. The minimum atomic E-state index is -0.218. The average molecular weight is 409 g/mol. The first-order chi connectivity index (χ1) is 12.9. The second-order valence-corrected chi connectivity index (χ2v) is 7.40. The van der Waals surface area contributed by atoms with E-state index < -0.39 is 0 Å². The van der Waals surface area contributed by atoms with E-state index in [4.69, 9.17) is 16.4 Å². The summed E-state index contributed by atoms with van der Waals surface area (Å²) in [4.78, 5) is 31.3. The molecule has 9 heteroatoms. The Morgan fingerprint density at radius 3 is 2.15 bits per heavy atom. The third kappa shape index (κ3) is 5.97. The largest absolute Gasteiger partial charge is 0.397 e. The van der Waals surface area contributed by atoms with Crippen molar-refractivity contribution in [1.29, 1.82) is 0 Å². The monoisotopic (exact) mass is 408 g/mol. The third-order valence-corrected chi connectivity index (χ3v) is 4.73. The minimum absolute atomic E-state index is 0.209. The van der Waals surface area contributed by atoms with E-state index in [0.29, 0.717) is 33.7 Å². The van der Waals surface area contributed by atoms with Crippen LogP contribution in [0.5, 0.6) is 0 Å². The fraction of sp³-hybridized carbons (Fsp3) is 0.278. The molecule has 0 radical (unpaired) electrons. The maximum atomic E-state index is 12.2. The van der Waals surface area contributed by atoms with Crippen molar-refractivity contribution in [3.63, 3.8) is 0 Å². The minimum Gasteiger partial charge on any atom is -0.397 e. The lowest BCUT2D eigenvalue weighted by molar-refractivity contribution is 0.0929. The van der Waals surface area contributed by atoms with Crippen LogP contribution in [0.15, 0.2) is 41.6 Å². The summed E-state index contributed by atoms with van der Waals surface area (Å²) in [5.41, 5.74) is 1.35. The summed E-state index contributed by atoms with van der Waals surface area (Å²) in [5, 5.41) is 9.47. The zero-order valence-electron chi connectivity index (χ0n) is 15.3. The molecule has 1 heterocycles. The van der Waals surface area contributed by atoms with Gasteiger partial charge in [0.1, 0.15) is 7.11 Å². The van der Waals surface area contributed by atoms with Crippen LogP contribution < -0.4 is 10.6 Å². The van der Waals surface area contributed by atoms with Crippen LogP contribution in [0.3, 0.4) is 0 Å². The summed E-state index contributed by atoms with van der Waals surface area (Å²) in [6, 6.07) is 10.4. The number of nitrogens with zero attached hydrogens (tertiary/aromatic N) is 2. The average Bonchev–Trinajstić information content (AvgIpc) is 3.09. The van der Waals surface area contributed by atoms with Gasteiger partial charge in [-0.25, -0.2) is 0 Å². The molecule has 0 aliphatic carbocycles. The molecule has 0 bridgehead atoms. The number of amidine groups is 1. The second kappa shape index (κ2) is 9.94. The topological polar surface area (TPSA) is 83.0 Å². The van der Waals surface area contributed by atoms with Crippen molar-refractivity contribution in [3.05, 3.63) is 56.7 Å². The smallest absolute Gasteiger partial charge is 0.261 e. The molecule has 0 saturated carbocycles. The first-order valence-electron chi connectivity index (χ1n) is 8.13. The standard InChI is InChI=1S/C18H21ClN4O3S/c1-23(2)16(22-26-3)12-4-6-13(7-5-12)17(24)20-10-11-21-18(25)14-8-9-15(19)27-14/h4-9H,10-11H2,1-3H3,(H,20,24)(H,21,25)/b22-16-. The van der Waals surface area contributed by atoms with Crippen LogP contribution in [0.25, 0.3) is 0 Å². The summed E-state index contributed by atoms with van der Waals surface area (Å²) in [6.45, 7) is 0.642. The van der Waals surface area contributed by atoms with Crippen LogP contribution in [0, 0.1) is 0 Å². The molecule has 0 spiro atoms. The van der Waals surface area contributed by atoms with Gasteiger partial charge >= 0.3 is 0 Å². The summed E-state index contributed by atoms with van der Waals surface area (Å²) < 4.78 is 0.560.